The Labute approximate surface area is 187 Å². The van der Waals surface area contributed by atoms with Crippen molar-refractivity contribution in [3.05, 3.63) is 34.5 Å². The molecule has 0 aliphatic carbocycles. The number of nitrogen functional groups attached to an aromatic ring is 1. The molecule has 4 rings (SSSR count). The number of aromatic hydroxyl groups is 2. The van der Waals surface area contributed by atoms with Crippen molar-refractivity contribution in [3.63, 3.8) is 0 Å². The zero-order chi connectivity index (χ0) is 23.0. The van der Waals surface area contributed by atoms with Crippen LogP contribution in [-0.2, 0) is 6.54 Å². The smallest absolute Gasteiger partial charge is 0.201 e. The number of pyridine rings is 1. The van der Waals surface area contributed by atoms with E-state index >= 15 is 0 Å². The van der Waals surface area contributed by atoms with E-state index < -0.39 is 0 Å². The summed E-state index contributed by atoms with van der Waals surface area (Å²) in [4.78, 5) is 17.8. The third kappa shape index (κ3) is 3.96. The molecular weight excluding hydrogens is 408 g/mol. The molecule has 3 aromatic rings. The number of hydrogen-bond acceptors (Lipinski definition) is 7. The molecule has 0 radical (unpaired) electrons. The van der Waals surface area contributed by atoms with Gasteiger partial charge in [-0.3, -0.25) is 4.79 Å². The number of anilines is 2. The zero-order valence-electron chi connectivity index (χ0n) is 18.7. The predicted molar refractivity (Wildman–Crippen MR) is 129 cm³/mol. The van der Waals surface area contributed by atoms with E-state index in [-0.39, 0.29) is 28.4 Å². The summed E-state index contributed by atoms with van der Waals surface area (Å²) < 4.78 is 1.99. The number of fused-ring (bicyclic) bond motifs is 2. The van der Waals surface area contributed by atoms with E-state index in [1.165, 1.54) is 12.1 Å². The van der Waals surface area contributed by atoms with Gasteiger partial charge in [-0.05, 0) is 38.1 Å². The van der Waals surface area contributed by atoms with E-state index in [2.05, 4.69) is 23.6 Å². The summed E-state index contributed by atoms with van der Waals surface area (Å²) >= 11 is 0. The van der Waals surface area contributed by atoms with Gasteiger partial charge in [0.2, 0.25) is 5.43 Å². The van der Waals surface area contributed by atoms with Crippen LogP contribution in [0.3, 0.4) is 0 Å². The summed E-state index contributed by atoms with van der Waals surface area (Å²) in [5.74, 6) is -0.331. The Balaban J connectivity index is 1.96. The van der Waals surface area contributed by atoms with Gasteiger partial charge in [0.1, 0.15) is 11.5 Å². The quantitative estimate of drug-likeness (QED) is 0.344. The number of aliphatic hydroxyl groups is 1. The van der Waals surface area contributed by atoms with Crippen molar-refractivity contribution in [2.75, 3.05) is 43.4 Å². The van der Waals surface area contributed by atoms with Gasteiger partial charge in [-0.2, -0.15) is 0 Å². The Morgan fingerprint density at radius 1 is 1.06 bits per heavy atom. The summed E-state index contributed by atoms with van der Waals surface area (Å²) in [5, 5.41) is 31.2. The number of phenols is 2. The van der Waals surface area contributed by atoms with Crippen molar-refractivity contribution in [3.8, 4) is 11.5 Å². The normalized spacial score (nSPS) is 15.3. The maximum atomic E-state index is 13.3. The highest BCUT2D eigenvalue weighted by atomic mass is 16.3. The minimum Gasteiger partial charge on any atom is -0.508 e. The SMILES string of the molecule is CCN(CC)CCn1c2cc(N3CCC(O)CC3)c(N)cc2c(=O)c2c(O)cc(O)cc21. The first kappa shape index (κ1) is 22.2. The molecular formula is C24H32N4O4. The van der Waals surface area contributed by atoms with E-state index in [0.717, 1.165) is 30.8 Å². The molecule has 0 saturated carbocycles. The molecule has 1 aliphatic heterocycles. The number of hydrogen-bond donors (Lipinski definition) is 4. The van der Waals surface area contributed by atoms with Crippen LogP contribution in [0.2, 0.25) is 0 Å². The van der Waals surface area contributed by atoms with Crippen LogP contribution in [0.5, 0.6) is 11.5 Å². The molecule has 5 N–H and O–H groups in total. The lowest BCUT2D eigenvalue weighted by Gasteiger charge is -2.32. The van der Waals surface area contributed by atoms with Crippen molar-refractivity contribution >= 4 is 33.2 Å². The van der Waals surface area contributed by atoms with Crippen molar-refractivity contribution in [1.82, 2.24) is 9.47 Å². The van der Waals surface area contributed by atoms with Gasteiger partial charge in [0.15, 0.2) is 0 Å². The first-order valence-electron chi connectivity index (χ1n) is 11.3. The van der Waals surface area contributed by atoms with Crippen LogP contribution >= 0.6 is 0 Å². The molecule has 0 amide bonds. The number of nitrogens with zero attached hydrogens (tertiary/aromatic N) is 3. The highest BCUT2D eigenvalue weighted by Crippen LogP contribution is 2.34. The molecule has 32 heavy (non-hydrogen) atoms. The summed E-state index contributed by atoms with van der Waals surface area (Å²) in [6.07, 6.45) is 1.05. The van der Waals surface area contributed by atoms with Crippen LogP contribution in [0.1, 0.15) is 26.7 Å². The number of piperidine rings is 1. The van der Waals surface area contributed by atoms with Crippen LogP contribution in [0.15, 0.2) is 29.1 Å². The molecule has 0 spiro atoms. The first-order chi connectivity index (χ1) is 15.3. The second-order valence-electron chi connectivity index (χ2n) is 8.51. The van der Waals surface area contributed by atoms with Gasteiger partial charge in [-0.25, -0.2) is 0 Å². The van der Waals surface area contributed by atoms with Crippen LogP contribution in [0.25, 0.3) is 21.8 Å². The third-order valence-electron chi connectivity index (χ3n) is 6.62. The van der Waals surface area contributed by atoms with Gasteiger partial charge in [0, 0.05) is 43.7 Å². The molecule has 0 unspecified atom stereocenters. The second kappa shape index (κ2) is 8.88. The number of benzene rings is 2. The molecule has 172 valence electrons. The zero-order valence-corrected chi connectivity index (χ0v) is 18.7. The maximum absolute atomic E-state index is 13.3. The summed E-state index contributed by atoms with van der Waals surface area (Å²) in [5.41, 5.74) is 8.62. The minimum absolute atomic E-state index is 0.0916. The van der Waals surface area contributed by atoms with Gasteiger partial charge in [-0.15, -0.1) is 0 Å². The largest absolute Gasteiger partial charge is 0.508 e. The Bertz CT molecular complexity index is 1190. The van der Waals surface area contributed by atoms with Crippen molar-refractivity contribution < 1.29 is 15.3 Å². The van der Waals surface area contributed by atoms with Gasteiger partial charge in [-0.1, -0.05) is 13.8 Å². The van der Waals surface area contributed by atoms with Gasteiger partial charge in [0.05, 0.1) is 33.9 Å². The predicted octanol–water partition coefficient (Wildman–Crippen LogP) is 2.45. The van der Waals surface area contributed by atoms with Gasteiger partial charge < -0.3 is 35.4 Å². The number of aliphatic hydroxyl groups excluding tert-OH is 1. The Morgan fingerprint density at radius 3 is 2.41 bits per heavy atom. The molecule has 8 heteroatoms. The van der Waals surface area contributed by atoms with Crippen LogP contribution in [0, 0.1) is 0 Å². The molecule has 1 aromatic heterocycles. The van der Waals surface area contributed by atoms with E-state index in [4.69, 9.17) is 5.73 Å². The van der Waals surface area contributed by atoms with E-state index in [1.807, 2.05) is 10.6 Å². The standard InChI is InChI=1S/C24H32N4O4/c1-3-26(4-2)9-10-28-19-14-20(27-7-5-15(29)6-8-27)18(25)13-17(19)24(32)23-21(28)11-16(30)12-22(23)31/h11-15,29-31H,3-10,25H2,1-2H3. The summed E-state index contributed by atoms with van der Waals surface area (Å²) in [7, 11) is 0. The number of likely N-dealkylation sites (N-methyl/N-ethyl adjacent to an activating group) is 1. The van der Waals surface area contributed by atoms with E-state index in [1.54, 1.807) is 6.07 Å². The lowest BCUT2D eigenvalue weighted by molar-refractivity contribution is 0.145. The fraction of sp³-hybridized carbons (Fsp3) is 0.458. The first-order valence-corrected chi connectivity index (χ1v) is 11.3. The number of aromatic nitrogens is 1. The fourth-order valence-corrected chi connectivity index (χ4v) is 4.71. The topological polar surface area (TPSA) is 115 Å². The fourth-order valence-electron chi connectivity index (χ4n) is 4.71. The number of phenolic OH excluding ortho intramolecular Hbond substituents is 2. The Morgan fingerprint density at radius 2 is 1.75 bits per heavy atom. The highest BCUT2D eigenvalue weighted by molar-refractivity contribution is 6.00. The number of nitrogens with two attached hydrogens (primary N) is 1. The molecule has 1 saturated heterocycles. The Kier molecular flexibility index (Phi) is 6.17. The minimum atomic E-state index is -0.307. The van der Waals surface area contributed by atoms with Crippen molar-refractivity contribution in [1.29, 1.82) is 0 Å². The second-order valence-corrected chi connectivity index (χ2v) is 8.51. The Hall–Kier alpha value is -2.97. The molecule has 8 nitrogen and oxygen atoms in total. The molecule has 1 aliphatic rings. The molecule has 0 atom stereocenters. The average molecular weight is 441 g/mol. The monoisotopic (exact) mass is 440 g/mol. The average Bonchev–Trinajstić information content (AvgIpc) is 2.76. The maximum Gasteiger partial charge on any atom is 0.201 e. The molecule has 0 bridgehead atoms. The van der Waals surface area contributed by atoms with Crippen LogP contribution in [0.4, 0.5) is 11.4 Å². The van der Waals surface area contributed by atoms with Crippen molar-refractivity contribution in [2.45, 2.75) is 39.3 Å². The molecule has 1 fully saturated rings. The lowest BCUT2D eigenvalue weighted by atomic mass is 10.0. The summed E-state index contributed by atoms with van der Waals surface area (Å²) in [6, 6.07) is 6.36. The van der Waals surface area contributed by atoms with Crippen molar-refractivity contribution in [2.24, 2.45) is 0 Å². The van der Waals surface area contributed by atoms with Gasteiger partial charge in [0.25, 0.3) is 0 Å². The molecule has 2 heterocycles. The van der Waals surface area contributed by atoms with E-state index in [0.29, 0.717) is 49.1 Å². The highest BCUT2D eigenvalue weighted by Gasteiger charge is 2.22. The van der Waals surface area contributed by atoms with Crippen LogP contribution < -0.4 is 16.1 Å². The van der Waals surface area contributed by atoms with Gasteiger partial charge >= 0.3 is 0 Å². The molecule has 2 aromatic carbocycles. The summed E-state index contributed by atoms with van der Waals surface area (Å²) in [6.45, 7) is 8.73. The number of rotatable bonds is 6. The third-order valence-corrected chi connectivity index (χ3v) is 6.62. The lowest BCUT2D eigenvalue weighted by Crippen LogP contribution is -2.36. The van der Waals surface area contributed by atoms with Crippen LogP contribution in [-0.4, -0.2) is 63.6 Å². The van der Waals surface area contributed by atoms with E-state index in [9.17, 15) is 20.1 Å².